The van der Waals surface area contributed by atoms with E-state index in [9.17, 15) is 0 Å². The van der Waals surface area contributed by atoms with Crippen molar-refractivity contribution in [2.45, 2.75) is 161 Å². The van der Waals surface area contributed by atoms with Crippen molar-refractivity contribution in [2.75, 3.05) is 14.2 Å². The molecule has 47 heavy (non-hydrogen) atoms. The molecular weight excluding hydrogens is 586 g/mol. The first-order valence-corrected chi connectivity index (χ1v) is 18.2. The Kier molecular flexibility index (Phi) is 10.3. The fourth-order valence-corrected chi connectivity index (χ4v) is 7.61. The third-order valence-corrected chi connectivity index (χ3v) is 12.0. The zero-order chi connectivity index (χ0) is 34.4. The number of methoxy groups -OCH3 is 2. The average Bonchev–Trinajstić information content (AvgIpc) is 3.49. The number of ether oxygens (including phenoxy) is 2. The average molecular weight is 647 g/mol. The van der Waals surface area contributed by atoms with E-state index in [2.05, 4.69) is 93.5 Å². The smallest absolute Gasteiger partial charge is 0.497 e. The molecule has 2 aromatic rings. The Labute approximate surface area is 286 Å². The molecule has 2 aliphatic heterocycles. The van der Waals surface area contributed by atoms with Crippen molar-refractivity contribution in [3.63, 3.8) is 0 Å². The van der Waals surface area contributed by atoms with E-state index >= 15 is 0 Å². The van der Waals surface area contributed by atoms with Gasteiger partial charge in [0, 0.05) is 16.3 Å². The highest BCUT2D eigenvalue weighted by atomic mass is 16.7. The van der Waals surface area contributed by atoms with Gasteiger partial charge in [0.1, 0.15) is 11.5 Å². The van der Waals surface area contributed by atoms with E-state index in [0.29, 0.717) is 0 Å². The van der Waals surface area contributed by atoms with Crippen LogP contribution in [-0.2, 0) is 24.0 Å². The van der Waals surface area contributed by atoms with Gasteiger partial charge in [-0.05, 0) is 103 Å². The minimum Gasteiger partial charge on any atom is -0.497 e. The van der Waals surface area contributed by atoms with Crippen molar-refractivity contribution >= 4 is 25.2 Å². The predicted molar refractivity (Wildman–Crippen MR) is 195 cm³/mol. The Hall–Kier alpha value is -1.99. The summed E-state index contributed by atoms with van der Waals surface area (Å²) in [7, 11) is 2.46. The van der Waals surface area contributed by atoms with E-state index in [1.165, 1.54) is 60.8 Å². The molecule has 8 heteroatoms. The zero-order valence-electron chi connectivity index (χ0n) is 31.5. The van der Waals surface area contributed by atoms with Gasteiger partial charge in [0.15, 0.2) is 0 Å². The van der Waals surface area contributed by atoms with Crippen LogP contribution in [0.15, 0.2) is 24.3 Å². The molecule has 0 atom stereocenters. The van der Waals surface area contributed by atoms with Crippen LogP contribution < -0.4 is 20.4 Å². The highest BCUT2D eigenvalue weighted by Crippen LogP contribution is 2.56. The number of fused-ring (bicyclic) bond motifs is 3. The van der Waals surface area contributed by atoms with Gasteiger partial charge in [-0.25, -0.2) is 0 Å². The summed E-state index contributed by atoms with van der Waals surface area (Å²) in [6.07, 6.45) is 11.8. The summed E-state index contributed by atoms with van der Waals surface area (Å²) >= 11 is 0. The maximum atomic E-state index is 6.63. The Morgan fingerprint density at radius 1 is 0.511 bits per heavy atom. The fraction of sp³-hybridized carbons (Fsp3) is 0.692. The van der Waals surface area contributed by atoms with Crippen molar-refractivity contribution < 1.29 is 28.1 Å². The number of unbranched alkanes of at least 4 members (excludes halogenated alkanes) is 6. The van der Waals surface area contributed by atoms with Gasteiger partial charge >= 0.3 is 14.2 Å². The van der Waals surface area contributed by atoms with E-state index in [4.69, 9.17) is 28.1 Å². The molecule has 0 saturated carbocycles. The van der Waals surface area contributed by atoms with Crippen molar-refractivity contribution in [1.82, 2.24) is 0 Å². The second-order valence-corrected chi connectivity index (χ2v) is 16.2. The van der Waals surface area contributed by atoms with Crippen LogP contribution >= 0.6 is 0 Å². The van der Waals surface area contributed by atoms with Crippen molar-refractivity contribution in [3.8, 4) is 22.6 Å². The first-order chi connectivity index (χ1) is 22.1. The van der Waals surface area contributed by atoms with Crippen molar-refractivity contribution in [1.29, 1.82) is 0 Å². The molecule has 2 fully saturated rings. The third-order valence-electron chi connectivity index (χ3n) is 12.0. The molecule has 2 aromatic carbocycles. The molecule has 0 amide bonds. The normalized spacial score (nSPS) is 21.2. The fourth-order valence-electron chi connectivity index (χ4n) is 7.61. The molecule has 6 nitrogen and oxygen atoms in total. The minimum atomic E-state index is -0.517. The summed E-state index contributed by atoms with van der Waals surface area (Å²) in [5, 5.41) is 0. The van der Waals surface area contributed by atoms with Crippen molar-refractivity contribution in [3.05, 3.63) is 35.4 Å². The molecule has 0 unspecified atom stereocenters. The third kappa shape index (κ3) is 6.42. The lowest BCUT2D eigenvalue weighted by Crippen LogP contribution is -2.41. The standard InChI is InChI=1S/C39H60B2O6/c1-13-15-17-19-21-39(22-20-18-16-14-2)29-25-31(40-44-35(3,4)36(5,6)45-40)33(42-11)23-27(29)28-24-34(43-12)32(26-30(28)39)41-46-37(7,8)38(9,10)47-41/h23-26H,13-22H2,1-12H3. The topological polar surface area (TPSA) is 55.4 Å². The molecule has 3 aliphatic rings. The van der Waals surface area contributed by atoms with Crippen LogP contribution in [0.25, 0.3) is 11.1 Å². The number of benzene rings is 2. The maximum absolute atomic E-state index is 6.63. The molecule has 0 bridgehead atoms. The summed E-state index contributed by atoms with van der Waals surface area (Å²) in [6.45, 7) is 21.4. The van der Waals surface area contributed by atoms with Crippen LogP contribution in [0.2, 0.25) is 0 Å². The number of rotatable bonds is 14. The van der Waals surface area contributed by atoms with Gasteiger partial charge in [0.25, 0.3) is 0 Å². The van der Waals surface area contributed by atoms with Crippen LogP contribution in [0.4, 0.5) is 0 Å². The second kappa shape index (κ2) is 13.4. The molecule has 2 heterocycles. The molecule has 0 radical (unpaired) electrons. The molecule has 0 spiro atoms. The SMILES string of the molecule is CCCCCCC1(CCCCCC)c2cc(B3OC(C)(C)C(C)(C)O3)c(OC)cc2-c2cc(OC)c(B3OC(C)(C)C(C)(C)O3)cc21. The van der Waals surface area contributed by atoms with Crippen LogP contribution in [0, 0.1) is 0 Å². The van der Waals surface area contributed by atoms with Crippen LogP contribution in [0.5, 0.6) is 11.5 Å². The summed E-state index contributed by atoms with van der Waals surface area (Å²) < 4.78 is 38.7. The van der Waals surface area contributed by atoms with Gasteiger partial charge in [0.2, 0.25) is 0 Å². The van der Waals surface area contributed by atoms with Crippen molar-refractivity contribution in [2.24, 2.45) is 0 Å². The number of hydrogen-bond donors (Lipinski definition) is 0. The van der Waals surface area contributed by atoms with E-state index in [-0.39, 0.29) is 5.41 Å². The summed E-state index contributed by atoms with van der Waals surface area (Å²) in [6, 6.07) is 9.17. The quantitative estimate of drug-likeness (QED) is 0.152. The molecule has 1 aliphatic carbocycles. The molecule has 258 valence electrons. The minimum absolute atomic E-state index is 0.179. The Balaban J connectivity index is 1.72. The highest BCUT2D eigenvalue weighted by Gasteiger charge is 2.55. The molecular formula is C39H60B2O6. The Morgan fingerprint density at radius 2 is 0.851 bits per heavy atom. The zero-order valence-corrected chi connectivity index (χ0v) is 31.5. The Bertz CT molecular complexity index is 1290. The van der Waals surface area contributed by atoms with Gasteiger partial charge in [-0.1, -0.05) is 77.3 Å². The van der Waals surface area contributed by atoms with Crippen LogP contribution in [0.3, 0.4) is 0 Å². The van der Waals surface area contributed by atoms with Gasteiger partial charge in [-0.2, -0.15) is 0 Å². The van der Waals surface area contributed by atoms with Gasteiger partial charge in [-0.15, -0.1) is 0 Å². The highest BCUT2D eigenvalue weighted by molar-refractivity contribution is 6.64. The summed E-state index contributed by atoms with van der Waals surface area (Å²) in [5.41, 5.74) is 5.05. The van der Waals surface area contributed by atoms with Gasteiger partial charge in [-0.3, -0.25) is 0 Å². The van der Waals surface area contributed by atoms with E-state index < -0.39 is 36.6 Å². The van der Waals surface area contributed by atoms with E-state index in [0.717, 1.165) is 48.1 Å². The lowest BCUT2D eigenvalue weighted by Gasteiger charge is -2.34. The summed E-state index contributed by atoms with van der Waals surface area (Å²) in [4.78, 5) is 0. The van der Waals surface area contributed by atoms with Crippen LogP contribution in [-0.4, -0.2) is 50.9 Å². The van der Waals surface area contributed by atoms with E-state index in [1.807, 2.05) is 0 Å². The molecule has 2 saturated heterocycles. The lowest BCUT2D eigenvalue weighted by atomic mass is 9.67. The second-order valence-electron chi connectivity index (χ2n) is 16.2. The number of hydrogen-bond acceptors (Lipinski definition) is 6. The molecule has 0 N–H and O–H groups in total. The lowest BCUT2D eigenvalue weighted by molar-refractivity contribution is 0.00578. The van der Waals surface area contributed by atoms with Gasteiger partial charge in [0.05, 0.1) is 36.6 Å². The summed E-state index contributed by atoms with van der Waals surface area (Å²) in [5.74, 6) is 1.57. The maximum Gasteiger partial charge on any atom is 0.498 e. The monoisotopic (exact) mass is 646 g/mol. The first kappa shape index (κ1) is 36.3. The first-order valence-electron chi connectivity index (χ1n) is 18.2. The van der Waals surface area contributed by atoms with Crippen LogP contribution in [0.1, 0.15) is 145 Å². The molecule has 5 rings (SSSR count). The van der Waals surface area contributed by atoms with Gasteiger partial charge < -0.3 is 28.1 Å². The molecule has 0 aromatic heterocycles. The largest absolute Gasteiger partial charge is 0.498 e. The predicted octanol–water partition coefficient (Wildman–Crippen LogP) is 8.51. The van der Waals surface area contributed by atoms with E-state index in [1.54, 1.807) is 14.2 Å². The Morgan fingerprint density at radius 3 is 1.15 bits per heavy atom.